The summed E-state index contributed by atoms with van der Waals surface area (Å²) in [6.45, 7) is 13.8. The number of ether oxygens (including phenoxy) is 4. The average Bonchev–Trinajstić information content (AvgIpc) is 3.18. The lowest BCUT2D eigenvalue weighted by molar-refractivity contribution is -0.171. The first-order valence-corrected chi connectivity index (χ1v) is 24.9. The molecule has 0 saturated carbocycles. The van der Waals surface area contributed by atoms with Crippen molar-refractivity contribution in [3.05, 3.63) is 12.2 Å². The Kier molecular flexibility index (Phi) is 44.4. The number of amides is 1. The first-order valence-electron chi connectivity index (χ1n) is 24.9. The van der Waals surface area contributed by atoms with Crippen LogP contribution in [0.1, 0.15) is 260 Å². The molecule has 4 atom stereocenters. The van der Waals surface area contributed by atoms with Gasteiger partial charge in [-0.2, -0.15) is 0 Å². The fourth-order valence-corrected chi connectivity index (χ4v) is 7.66. The zero-order chi connectivity index (χ0) is 41.0. The van der Waals surface area contributed by atoms with Crippen LogP contribution in [0.5, 0.6) is 0 Å². The molecule has 0 aromatic carbocycles. The topological polar surface area (TPSA) is 66.0 Å². The molecule has 0 aliphatic carbocycles. The molecule has 0 radical (unpaired) electrons. The van der Waals surface area contributed by atoms with Gasteiger partial charge in [0.15, 0.2) is 12.6 Å². The van der Waals surface area contributed by atoms with Gasteiger partial charge in [-0.3, -0.25) is 4.79 Å². The Morgan fingerprint density at radius 3 is 1.21 bits per heavy atom. The van der Waals surface area contributed by atoms with Crippen molar-refractivity contribution in [2.45, 2.75) is 285 Å². The van der Waals surface area contributed by atoms with E-state index in [1.54, 1.807) is 0 Å². The third kappa shape index (κ3) is 39.9. The van der Waals surface area contributed by atoms with Crippen LogP contribution in [-0.2, 0) is 23.7 Å². The minimum absolute atomic E-state index is 0.0666. The predicted octanol–water partition coefficient (Wildman–Crippen LogP) is 15.5. The highest BCUT2D eigenvalue weighted by molar-refractivity contribution is 5.76. The summed E-state index contributed by atoms with van der Waals surface area (Å²) >= 11 is 0. The molecule has 1 N–H and O–H groups in total. The molecular weight excluding hydrogens is 695 g/mol. The standard InChI is InChI=1S/C50H99NO5/c1-7-11-13-15-17-19-21-23-24-25-26-27-28-29-30-32-34-36-38-40-42-44-50(52)51-48(45-55-46(5)53-9-3)49(56-47(6)54-10-4)43-41-39-37-35-33-31-22-20-18-16-14-12-8-2/h41,43,46-49H,7-40,42,44-45H2,1-6H3,(H,51,52)/t46?,47?,48-,49-/m0/s1. The Morgan fingerprint density at radius 2 is 0.821 bits per heavy atom. The van der Waals surface area contributed by atoms with E-state index < -0.39 is 0 Å². The lowest BCUT2D eigenvalue weighted by Gasteiger charge is -2.29. The Bertz CT molecular complexity index is 806. The van der Waals surface area contributed by atoms with E-state index in [0.29, 0.717) is 26.2 Å². The lowest BCUT2D eigenvalue weighted by Crippen LogP contribution is -2.48. The molecule has 0 aliphatic heterocycles. The summed E-state index contributed by atoms with van der Waals surface area (Å²) < 4.78 is 23.8. The third-order valence-electron chi connectivity index (χ3n) is 11.2. The van der Waals surface area contributed by atoms with E-state index in [0.717, 1.165) is 19.3 Å². The molecule has 0 rings (SSSR count). The Labute approximate surface area is 350 Å². The molecule has 6 nitrogen and oxygen atoms in total. The zero-order valence-corrected chi connectivity index (χ0v) is 38.7. The van der Waals surface area contributed by atoms with E-state index in [-0.39, 0.29) is 30.6 Å². The maximum absolute atomic E-state index is 13.2. The Morgan fingerprint density at radius 1 is 0.464 bits per heavy atom. The zero-order valence-electron chi connectivity index (χ0n) is 38.7. The monoisotopic (exact) mass is 794 g/mol. The van der Waals surface area contributed by atoms with Gasteiger partial charge in [0, 0.05) is 19.6 Å². The van der Waals surface area contributed by atoms with Crippen molar-refractivity contribution >= 4 is 5.91 Å². The highest BCUT2D eigenvalue weighted by atomic mass is 16.7. The second kappa shape index (κ2) is 45.1. The molecule has 0 aromatic heterocycles. The molecule has 0 spiro atoms. The van der Waals surface area contributed by atoms with Crippen LogP contribution in [-0.4, -0.2) is 50.5 Å². The van der Waals surface area contributed by atoms with Gasteiger partial charge in [-0.15, -0.1) is 0 Å². The van der Waals surface area contributed by atoms with Crippen molar-refractivity contribution in [3.63, 3.8) is 0 Å². The van der Waals surface area contributed by atoms with Crippen molar-refractivity contribution in [2.24, 2.45) is 0 Å². The van der Waals surface area contributed by atoms with Crippen molar-refractivity contribution in [1.29, 1.82) is 0 Å². The van der Waals surface area contributed by atoms with Crippen LogP contribution in [0.3, 0.4) is 0 Å². The molecule has 0 bridgehead atoms. The minimum Gasteiger partial charge on any atom is -0.353 e. The van der Waals surface area contributed by atoms with Crippen molar-refractivity contribution in [3.8, 4) is 0 Å². The molecule has 334 valence electrons. The van der Waals surface area contributed by atoms with Gasteiger partial charge in [0.05, 0.1) is 12.6 Å². The van der Waals surface area contributed by atoms with E-state index in [9.17, 15) is 4.79 Å². The average molecular weight is 794 g/mol. The summed E-state index contributed by atoms with van der Waals surface area (Å²) in [5.74, 6) is 0.0666. The number of unbranched alkanes of at least 4 members (excludes halogenated alkanes) is 31. The van der Waals surface area contributed by atoms with Crippen LogP contribution in [0, 0.1) is 0 Å². The second-order valence-corrected chi connectivity index (χ2v) is 16.7. The van der Waals surface area contributed by atoms with Crippen LogP contribution >= 0.6 is 0 Å². The molecule has 0 fully saturated rings. The molecule has 0 aliphatic rings. The molecule has 0 aromatic rings. The van der Waals surface area contributed by atoms with Gasteiger partial charge in [-0.1, -0.05) is 219 Å². The van der Waals surface area contributed by atoms with E-state index >= 15 is 0 Å². The van der Waals surface area contributed by atoms with Crippen LogP contribution in [0.2, 0.25) is 0 Å². The molecular formula is C50H99NO5. The van der Waals surface area contributed by atoms with Crippen molar-refractivity contribution < 1.29 is 23.7 Å². The number of carbonyl (C=O) groups excluding carboxylic acids is 1. The molecule has 0 saturated heterocycles. The Balaban J connectivity index is 4.40. The number of hydrogen-bond acceptors (Lipinski definition) is 5. The fourth-order valence-electron chi connectivity index (χ4n) is 7.66. The summed E-state index contributed by atoms with van der Waals surface area (Å²) in [5, 5.41) is 3.27. The van der Waals surface area contributed by atoms with Gasteiger partial charge < -0.3 is 24.3 Å². The largest absolute Gasteiger partial charge is 0.353 e. The number of allylic oxidation sites excluding steroid dienone is 1. The number of hydrogen-bond donors (Lipinski definition) is 1. The summed E-state index contributed by atoms with van der Waals surface area (Å²) in [7, 11) is 0. The molecule has 56 heavy (non-hydrogen) atoms. The maximum atomic E-state index is 13.2. The molecule has 2 unspecified atom stereocenters. The van der Waals surface area contributed by atoms with E-state index in [4.69, 9.17) is 18.9 Å². The van der Waals surface area contributed by atoms with E-state index in [2.05, 4.69) is 31.3 Å². The number of carbonyl (C=O) groups is 1. The summed E-state index contributed by atoms with van der Waals surface area (Å²) in [4.78, 5) is 13.2. The van der Waals surface area contributed by atoms with Crippen LogP contribution in [0.15, 0.2) is 12.2 Å². The third-order valence-corrected chi connectivity index (χ3v) is 11.2. The number of rotatable bonds is 46. The van der Waals surface area contributed by atoms with Crippen LogP contribution in [0.4, 0.5) is 0 Å². The van der Waals surface area contributed by atoms with Gasteiger partial charge in [0.2, 0.25) is 5.91 Å². The predicted molar refractivity (Wildman–Crippen MR) is 242 cm³/mol. The van der Waals surface area contributed by atoms with Crippen LogP contribution in [0.25, 0.3) is 0 Å². The van der Waals surface area contributed by atoms with Gasteiger partial charge in [-0.25, -0.2) is 0 Å². The van der Waals surface area contributed by atoms with Crippen molar-refractivity contribution in [2.75, 3.05) is 19.8 Å². The molecule has 1 amide bonds. The van der Waals surface area contributed by atoms with Gasteiger partial charge in [0.1, 0.15) is 6.10 Å². The first-order chi connectivity index (χ1) is 27.5. The highest BCUT2D eigenvalue weighted by Crippen LogP contribution is 2.17. The van der Waals surface area contributed by atoms with Gasteiger partial charge >= 0.3 is 0 Å². The normalized spacial score (nSPS) is 14.0. The molecule has 6 heteroatoms. The second-order valence-electron chi connectivity index (χ2n) is 16.7. The summed E-state index contributed by atoms with van der Waals surface area (Å²) in [5.41, 5.74) is 0. The Hall–Kier alpha value is -0.950. The van der Waals surface area contributed by atoms with Crippen molar-refractivity contribution in [1.82, 2.24) is 5.32 Å². The summed E-state index contributed by atoms with van der Waals surface area (Å²) in [6, 6.07) is -0.322. The highest BCUT2D eigenvalue weighted by Gasteiger charge is 2.25. The smallest absolute Gasteiger partial charge is 0.220 e. The SMILES string of the molecule is CCCCCCCCCCCCCC=C[C@H](OC(C)OCC)[C@H](COC(C)OCC)NC(=O)CCCCCCCCCCCCCCCCCCCCCCC. The minimum atomic E-state index is -0.380. The summed E-state index contributed by atoms with van der Waals surface area (Å²) in [6.07, 6.45) is 48.1. The van der Waals surface area contributed by atoms with E-state index in [1.807, 2.05) is 27.7 Å². The molecule has 0 heterocycles. The first kappa shape index (κ1) is 55.0. The maximum Gasteiger partial charge on any atom is 0.220 e. The lowest BCUT2D eigenvalue weighted by atomic mass is 10.0. The van der Waals surface area contributed by atoms with Gasteiger partial charge in [0.25, 0.3) is 0 Å². The van der Waals surface area contributed by atoms with E-state index in [1.165, 1.54) is 193 Å². The van der Waals surface area contributed by atoms with Crippen LogP contribution < -0.4 is 5.32 Å². The van der Waals surface area contributed by atoms with Gasteiger partial charge in [-0.05, 0) is 47.0 Å². The fraction of sp³-hybridized carbons (Fsp3) is 0.940. The number of nitrogens with one attached hydrogen (secondary N) is 1. The quantitative estimate of drug-likeness (QED) is 0.0378.